The van der Waals surface area contributed by atoms with Crippen molar-refractivity contribution >= 4 is 11.6 Å². The molecule has 18 heavy (non-hydrogen) atoms. The molecule has 1 aliphatic rings. The van der Waals surface area contributed by atoms with Crippen LogP contribution in [-0.2, 0) is 7.05 Å². The molecule has 2 heterocycles. The lowest BCUT2D eigenvalue weighted by Gasteiger charge is -2.31. The predicted octanol–water partition coefficient (Wildman–Crippen LogP) is 0.367. The van der Waals surface area contributed by atoms with Crippen molar-refractivity contribution < 1.29 is 9.72 Å². The summed E-state index contributed by atoms with van der Waals surface area (Å²) < 4.78 is 1.51. The molecular weight excluding hydrogens is 236 g/mol. The first-order valence-corrected chi connectivity index (χ1v) is 5.82. The summed E-state index contributed by atoms with van der Waals surface area (Å²) in [5.41, 5.74) is 0.305. The molecular formula is C11H16N4O3. The number of aromatic nitrogens is 1. The Labute approximate surface area is 105 Å². The zero-order valence-corrected chi connectivity index (χ0v) is 10.4. The van der Waals surface area contributed by atoms with Crippen LogP contribution in [0.4, 0.5) is 5.69 Å². The highest BCUT2D eigenvalue weighted by Crippen LogP contribution is 2.17. The molecule has 1 aliphatic heterocycles. The highest BCUT2D eigenvalue weighted by atomic mass is 16.6. The molecule has 0 bridgehead atoms. The van der Waals surface area contributed by atoms with E-state index in [0.29, 0.717) is 18.8 Å². The number of hydrogen-bond acceptors (Lipinski definition) is 4. The van der Waals surface area contributed by atoms with Gasteiger partial charge >= 0.3 is 0 Å². The molecule has 1 fully saturated rings. The summed E-state index contributed by atoms with van der Waals surface area (Å²) in [5, 5.41) is 13.9. The number of carbonyl (C=O) groups excluding carboxylic acids is 1. The van der Waals surface area contributed by atoms with Gasteiger partial charge in [0.25, 0.3) is 11.6 Å². The van der Waals surface area contributed by atoms with Crippen molar-refractivity contribution in [3.63, 3.8) is 0 Å². The quantitative estimate of drug-likeness (QED) is 0.609. The third-order valence-corrected chi connectivity index (χ3v) is 3.08. The Morgan fingerprint density at radius 1 is 1.61 bits per heavy atom. The van der Waals surface area contributed by atoms with Crippen LogP contribution in [0, 0.1) is 10.1 Å². The number of amides is 1. The van der Waals surface area contributed by atoms with Crippen molar-refractivity contribution in [1.82, 2.24) is 14.8 Å². The topological polar surface area (TPSA) is 80.4 Å². The van der Waals surface area contributed by atoms with Gasteiger partial charge in [-0.05, 0) is 6.92 Å². The van der Waals surface area contributed by atoms with Gasteiger partial charge in [0.2, 0.25) is 0 Å². The number of nitrogens with zero attached hydrogens (tertiary/aromatic N) is 3. The lowest BCUT2D eigenvalue weighted by molar-refractivity contribution is -0.384. The average molecular weight is 252 g/mol. The molecule has 1 amide bonds. The first-order chi connectivity index (χ1) is 8.49. The molecule has 0 aliphatic carbocycles. The van der Waals surface area contributed by atoms with Crippen molar-refractivity contribution in [3.05, 3.63) is 28.1 Å². The van der Waals surface area contributed by atoms with Gasteiger partial charge in [0, 0.05) is 38.8 Å². The molecule has 1 aromatic heterocycles. The van der Waals surface area contributed by atoms with E-state index in [1.165, 1.54) is 16.8 Å². The van der Waals surface area contributed by atoms with Crippen LogP contribution in [0.2, 0.25) is 0 Å². The van der Waals surface area contributed by atoms with Gasteiger partial charge in [0.15, 0.2) is 0 Å². The third-order valence-electron chi connectivity index (χ3n) is 3.08. The molecule has 2 rings (SSSR count). The third kappa shape index (κ3) is 2.35. The fraction of sp³-hybridized carbons (Fsp3) is 0.545. The van der Waals surface area contributed by atoms with Crippen LogP contribution in [0.1, 0.15) is 17.4 Å². The van der Waals surface area contributed by atoms with Gasteiger partial charge in [0.05, 0.1) is 11.1 Å². The van der Waals surface area contributed by atoms with Crippen LogP contribution >= 0.6 is 0 Å². The summed E-state index contributed by atoms with van der Waals surface area (Å²) >= 11 is 0. The molecule has 0 aromatic carbocycles. The van der Waals surface area contributed by atoms with Gasteiger partial charge in [-0.2, -0.15) is 0 Å². The zero-order chi connectivity index (χ0) is 13.3. The molecule has 0 radical (unpaired) electrons. The number of nitro groups is 1. The molecule has 7 heteroatoms. The van der Waals surface area contributed by atoms with Crippen molar-refractivity contribution in [1.29, 1.82) is 0 Å². The Morgan fingerprint density at radius 2 is 2.33 bits per heavy atom. The maximum atomic E-state index is 12.3. The van der Waals surface area contributed by atoms with Crippen molar-refractivity contribution in [3.8, 4) is 0 Å². The Balaban J connectivity index is 2.20. The SMILES string of the molecule is CC1CN(C(=O)c2cc([N+](=O)[O-])cn2C)CCN1. The maximum absolute atomic E-state index is 12.3. The van der Waals surface area contributed by atoms with Crippen molar-refractivity contribution in [2.24, 2.45) is 7.05 Å². The van der Waals surface area contributed by atoms with E-state index in [9.17, 15) is 14.9 Å². The normalized spacial score (nSPS) is 19.9. The Morgan fingerprint density at radius 3 is 2.89 bits per heavy atom. The van der Waals surface area contributed by atoms with E-state index in [2.05, 4.69) is 5.32 Å². The van der Waals surface area contributed by atoms with Crippen LogP contribution < -0.4 is 5.32 Å². The van der Waals surface area contributed by atoms with E-state index in [1.54, 1.807) is 11.9 Å². The Hall–Kier alpha value is -1.89. The zero-order valence-electron chi connectivity index (χ0n) is 10.4. The highest BCUT2D eigenvalue weighted by molar-refractivity contribution is 5.93. The van der Waals surface area contributed by atoms with E-state index in [0.717, 1.165) is 6.54 Å². The first-order valence-electron chi connectivity index (χ1n) is 5.82. The van der Waals surface area contributed by atoms with Crippen LogP contribution in [0.15, 0.2) is 12.3 Å². The number of nitrogens with one attached hydrogen (secondary N) is 1. The predicted molar refractivity (Wildman–Crippen MR) is 65.4 cm³/mol. The van der Waals surface area contributed by atoms with Gasteiger partial charge in [-0.1, -0.05) is 0 Å². The minimum absolute atomic E-state index is 0.0518. The molecule has 0 spiro atoms. The first kappa shape index (κ1) is 12.6. The minimum atomic E-state index is -0.489. The molecule has 0 saturated carbocycles. The summed E-state index contributed by atoms with van der Waals surface area (Å²) in [7, 11) is 1.64. The van der Waals surface area contributed by atoms with Gasteiger partial charge in [0.1, 0.15) is 5.69 Å². The van der Waals surface area contributed by atoms with Gasteiger partial charge in [-0.3, -0.25) is 14.9 Å². The molecule has 1 N–H and O–H groups in total. The minimum Gasteiger partial charge on any atom is -0.340 e. The molecule has 1 unspecified atom stereocenters. The smallest absolute Gasteiger partial charge is 0.287 e. The molecule has 7 nitrogen and oxygen atoms in total. The number of hydrogen-bond donors (Lipinski definition) is 1. The van der Waals surface area contributed by atoms with Crippen molar-refractivity contribution in [2.45, 2.75) is 13.0 Å². The van der Waals surface area contributed by atoms with E-state index >= 15 is 0 Å². The summed E-state index contributed by atoms with van der Waals surface area (Å²) in [4.78, 5) is 24.2. The van der Waals surface area contributed by atoms with Crippen LogP contribution in [0.3, 0.4) is 0 Å². The maximum Gasteiger partial charge on any atom is 0.287 e. The molecule has 1 saturated heterocycles. The largest absolute Gasteiger partial charge is 0.340 e. The van der Waals surface area contributed by atoms with Crippen LogP contribution in [0.25, 0.3) is 0 Å². The average Bonchev–Trinajstić information content (AvgIpc) is 2.70. The van der Waals surface area contributed by atoms with E-state index in [4.69, 9.17) is 0 Å². The second-order valence-corrected chi connectivity index (χ2v) is 4.56. The summed E-state index contributed by atoms with van der Waals surface area (Å²) in [6, 6.07) is 1.58. The van der Waals surface area contributed by atoms with Crippen LogP contribution in [0.5, 0.6) is 0 Å². The van der Waals surface area contributed by atoms with Gasteiger partial charge < -0.3 is 14.8 Å². The number of aryl methyl sites for hydroxylation is 1. The molecule has 98 valence electrons. The second-order valence-electron chi connectivity index (χ2n) is 4.56. The number of piperazine rings is 1. The summed E-state index contributed by atoms with van der Waals surface area (Å²) in [5.74, 6) is -0.154. The Bertz CT molecular complexity index is 483. The van der Waals surface area contributed by atoms with E-state index in [-0.39, 0.29) is 17.6 Å². The van der Waals surface area contributed by atoms with Gasteiger partial charge in [-0.15, -0.1) is 0 Å². The van der Waals surface area contributed by atoms with E-state index < -0.39 is 4.92 Å². The highest BCUT2D eigenvalue weighted by Gasteiger charge is 2.25. The van der Waals surface area contributed by atoms with Crippen LogP contribution in [-0.4, -0.2) is 46.0 Å². The number of rotatable bonds is 2. The summed E-state index contributed by atoms with van der Waals surface area (Å²) in [6.45, 7) is 4.01. The number of carbonyl (C=O) groups is 1. The monoisotopic (exact) mass is 252 g/mol. The van der Waals surface area contributed by atoms with Gasteiger partial charge in [-0.25, -0.2) is 0 Å². The van der Waals surface area contributed by atoms with E-state index in [1.807, 2.05) is 6.92 Å². The standard InChI is InChI=1S/C11H16N4O3/c1-8-6-14(4-3-12-8)11(16)10-5-9(15(17)18)7-13(10)2/h5,7-8,12H,3-4,6H2,1-2H3. The fourth-order valence-corrected chi connectivity index (χ4v) is 2.14. The fourth-order valence-electron chi connectivity index (χ4n) is 2.14. The second kappa shape index (κ2) is 4.77. The summed E-state index contributed by atoms with van der Waals surface area (Å²) in [6.07, 6.45) is 1.36. The van der Waals surface area contributed by atoms with Crippen molar-refractivity contribution in [2.75, 3.05) is 19.6 Å². The lowest BCUT2D eigenvalue weighted by Crippen LogP contribution is -2.51. The molecule has 1 aromatic rings. The Kier molecular flexibility index (Phi) is 3.33. The molecule has 1 atom stereocenters. The lowest BCUT2D eigenvalue weighted by atomic mass is 10.2.